The van der Waals surface area contributed by atoms with Gasteiger partial charge in [0, 0.05) is 25.4 Å². The van der Waals surface area contributed by atoms with Crippen LogP contribution in [0.3, 0.4) is 0 Å². The number of hydrogen-bond acceptors (Lipinski definition) is 2. The molecule has 118 valence electrons. The highest BCUT2D eigenvalue weighted by Crippen LogP contribution is 2.50. The number of nitrogens with zero attached hydrogens (tertiary/aromatic N) is 1. The van der Waals surface area contributed by atoms with Gasteiger partial charge in [0.25, 0.3) is 0 Å². The van der Waals surface area contributed by atoms with Gasteiger partial charge in [-0.3, -0.25) is 4.79 Å². The van der Waals surface area contributed by atoms with Gasteiger partial charge < -0.3 is 4.90 Å². The molecule has 3 aliphatic carbocycles. The summed E-state index contributed by atoms with van der Waals surface area (Å²) in [4.78, 5) is 14.7. The molecule has 2 unspecified atom stereocenters. The van der Waals surface area contributed by atoms with Gasteiger partial charge in [0.05, 0.1) is 0 Å². The van der Waals surface area contributed by atoms with Crippen molar-refractivity contribution in [3.05, 3.63) is 71.3 Å². The van der Waals surface area contributed by atoms with E-state index in [1.807, 2.05) is 0 Å². The van der Waals surface area contributed by atoms with Gasteiger partial charge in [-0.05, 0) is 42.0 Å². The smallest absolute Gasteiger partial charge is 0.140 e. The van der Waals surface area contributed by atoms with Crippen LogP contribution >= 0.6 is 0 Å². The van der Waals surface area contributed by atoms with E-state index < -0.39 is 0 Å². The number of fused-ring (bicyclic) bond motifs is 2. The third-order valence-electron chi connectivity index (χ3n) is 5.53. The second-order valence-electron chi connectivity index (χ2n) is 7.14. The van der Waals surface area contributed by atoms with E-state index in [4.69, 9.17) is 0 Å². The minimum atomic E-state index is 0.145. The number of hydrogen-bond donors (Lipinski definition) is 0. The van der Waals surface area contributed by atoms with Crippen molar-refractivity contribution >= 4 is 5.78 Å². The number of carbonyl (C=O) groups excluding carboxylic acids is 1. The van der Waals surface area contributed by atoms with E-state index in [9.17, 15) is 4.79 Å². The summed E-state index contributed by atoms with van der Waals surface area (Å²) in [7, 11) is 2.20. The van der Waals surface area contributed by atoms with Crippen molar-refractivity contribution in [2.75, 3.05) is 13.6 Å². The lowest BCUT2D eigenvalue weighted by molar-refractivity contribution is -0.124. The van der Waals surface area contributed by atoms with Gasteiger partial charge in [-0.25, -0.2) is 0 Å². The molecule has 2 nitrogen and oxygen atoms in total. The molecule has 0 N–H and O–H groups in total. The van der Waals surface area contributed by atoms with Crippen LogP contribution in [-0.4, -0.2) is 24.3 Å². The molecule has 2 bridgehead atoms. The molecule has 3 atom stereocenters. The highest BCUT2D eigenvalue weighted by Gasteiger charge is 2.44. The Morgan fingerprint density at radius 1 is 1.00 bits per heavy atom. The summed E-state index contributed by atoms with van der Waals surface area (Å²) in [6.07, 6.45) is 1.77. The third-order valence-corrected chi connectivity index (χ3v) is 5.53. The molecule has 0 heterocycles. The normalized spacial score (nSPS) is 25.7. The predicted molar refractivity (Wildman–Crippen MR) is 92.4 cm³/mol. The fourth-order valence-electron chi connectivity index (χ4n) is 4.52. The Balaban J connectivity index is 1.50. The standard InChI is InChI=1S/C21H23NO/c1-22(13-15-7-3-2-4-8-15)14-16-11-20-18-10-6-5-9-17(18)19(16)12-21(20)23/h2-10,16,19-20H,11-14H2,1H3/t16?,19-,20?/m1/s1. The first-order valence-electron chi connectivity index (χ1n) is 8.56. The Labute approximate surface area is 138 Å². The van der Waals surface area contributed by atoms with Crippen molar-refractivity contribution < 1.29 is 4.79 Å². The van der Waals surface area contributed by atoms with Gasteiger partial charge in [-0.15, -0.1) is 0 Å². The first-order chi connectivity index (χ1) is 11.2. The quantitative estimate of drug-likeness (QED) is 0.851. The van der Waals surface area contributed by atoms with Gasteiger partial charge in [0.15, 0.2) is 0 Å². The largest absolute Gasteiger partial charge is 0.302 e. The molecule has 1 fully saturated rings. The van der Waals surface area contributed by atoms with E-state index in [2.05, 4.69) is 66.5 Å². The molecule has 0 aliphatic heterocycles. The summed E-state index contributed by atoms with van der Waals surface area (Å²) in [5.41, 5.74) is 4.09. The van der Waals surface area contributed by atoms with Gasteiger partial charge in [-0.1, -0.05) is 54.6 Å². The molecule has 5 rings (SSSR count). The van der Waals surface area contributed by atoms with Crippen LogP contribution < -0.4 is 0 Å². The van der Waals surface area contributed by atoms with Crippen molar-refractivity contribution in [2.24, 2.45) is 5.92 Å². The van der Waals surface area contributed by atoms with E-state index in [0.717, 1.165) is 25.9 Å². The molecular formula is C21H23NO. The molecule has 2 aromatic rings. The van der Waals surface area contributed by atoms with E-state index >= 15 is 0 Å². The molecule has 0 aromatic heterocycles. The van der Waals surface area contributed by atoms with E-state index in [-0.39, 0.29) is 5.92 Å². The molecule has 0 spiro atoms. The summed E-state index contributed by atoms with van der Waals surface area (Å²) in [5.74, 6) is 1.62. The maximum absolute atomic E-state index is 12.3. The zero-order valence-electron chi connectivity index (χ0n) is 13.6. The SMILES string of the molecule is CN(Cc1ccccc1)CC1CC2C(=O)C[C@H]1c1ccccc12. The van der Waals surface area contributed by atoms with E-state index in [1.54, 1.807) is 0 Å². The highest BCUT2D eigenvalue weighted by molar-refractivity contribution is 5.90. The van der Waals surface area contributed by atoms with Crippen molar-refractivity contribution in [1.29, 1.82) is 0 Å². The fourth-order valence-corrected chi connectivity index (χ4v) is 4.52. The molecule has 0 amide bonds. The Kier molecular flexibility index (Phi) is 3.78. The van der Waals surface area contributed by atoms with Gasteiger partial charge in [-0.2, -0.15) is 0 Å². The zero-order chi connectivity index (χ0) is 15.8. The Hall–Kier alpha value is -1.93. The van der Waals surface area contributed by atoms with Crippen LogP contribution in [0.2, 0.25) is 0 Å². The average Bonchev–Trinajstić information content (AvgIpc) is 2.57. The third kappa shape index (κ3) is 2.72. The van der Waals surface area contributed by atoms with Crippen LogP contribution in [0.5, 0.6) is 0 Å². The predicted octanol–water partition coefficient (Wildman–Crippen LogP) is 3.98. The number of benzene rings is 2. The number of carbonyl (C=O) groups is 1. The Morgan fingerprint density at radius 2 is 1.70 bits per heavy atom. The minimum Gasteiger partial charge on any atom is -0.302 e. The summed E-state index contributed by atoms with van der Waals surface area (Å²) < 4.78 is 0. The topological polar surface area (TPSA) is 20.3 Å². The fraction of sp³-hybridized carbons (Fsp3) is 0.381. The Bertz CT molecular complexity index is 709. The van der Waals surface area contributed by atoms with Crippen LogP contribution in [0.1, 0.15) is 41.4 Å². The van der Waals surface area contributed by atoms with Gasteiger partial charge in [0.2, 0.25) is 0 Å². The van der Waals surface area contributed by atoms with Crippen molar-refractivity contribution in [1.82, 2.24) is 4.90 Å². The minimum absolute atomic E-state index is 0.145. The van der Waals surface area contributed by atoms with Crippen LogP contribution in [0, 0.1) is 5.92 Å². The molecule has 23 heavy (non-hydrogen) atoms. The lowest BCUT2D eigenvalue weighted by atomic mass is 9.61. The van der Waals surface area contributed by atoms with Crippen LogP contribution in [0.25, 0.3) is 0 Å². The lowest BCUT2D eigenvalue weighted by Crippen LogP contribution is -2.40. The van der Waals surface area contributed by atoms with Crippen LogP contribution in [0.4, 0.5) is 0 Å². The summed E-state index contributed by atoms with van der Waals surface area (Å²) in [5, 5.41) is 0. The van der Waals surface area contributed by atoms with Crippen LogP contribution in [-0.2, 0) is 11.3 Å². The molecular weight excluding hydrogens is 282 g/mol. The first-order valence-corrected chi connectivity index (χ1v) is 8.56. The molecule has 0 saturated heterocycles. The number of ketones is 1. The average molecular weight is 305 g/mol. The Morgan fingerprint density at radius 3 is 2.48 bits per heavy atom. The second kappa shape index (κ2) is 5.93. The van der Waals surface area contributed by atoms with E-state index in [0.29, 0.717) is 17.6 Å². The van der Waals surface area contributed by atoms with Crippen molar-refractivity contribution in [2.45, 2.75) is 31.2 Å². The van der Waals surface area contributed by atoms with Crippen LogP contribution in [0.15, 0.2) is 54.6 Å². The number of rotatable bonds is 4. The van der Waals surface area contributed by atoms with Crippen molar-refractivity contribution in [3.63, 3.8) is 0 Å². The summed E-state index contributed by atoms with van der Waals surface area (Å²) in [6, 6.07) is 19.2. The maximum atomic E-state index is 12.3. The van der Waals surface area contributed by atoms with Gasteiger partial charge in [0.1, 0.15) is 5.78 Å². The molecule has 2 heteroatoms. The molecule has 2 aromatic carbocycles. The van der Waals surface area contributed by atoms with Gasteiger partial charge >= 0.3 is 0 Å². The van der Waals surface area contributed by atoms with Crippen molar-refractivity contribution in [3.8, 4) is 0 Å². The molecule has 3 aliphatic rings. The molecule has 1 saturated carbocycles. The first kappa shape index (κ1) is 14.6. The highest BCUT2D eigenvalue weighted by atomic mass is 16.1. The monoisotopic (exact) mass is 305 g/mol. The summed E-state index contributed by atoms with van der Waals surface area (Å²) in [6.45, 7) is 2.04. The number of Topliss-reactive ketones (excluding diaryl/α,β-unsaturated/α-hetero) is 1. The lowest BCUT2D eigenvalue weighted by Gasteiger charge is -2.44. The second-order valence-corrected chi connectivity index (χ2v) is 7.14. The zero-order valence-corrected chi connectivity index (χ0v) is 13.6. The maximum Gasteiger partial charge on any atom is 0.140 e. The summed E-state index contributed by atoms with van der Waals surface area (Å²) >= 11 is 0. The van der Waals surface area contributed by atoms with E-state index in [1.165, 1.54) is 16.7 Å². The molecule has 0 radical (unpaired) electrons.